The van der Waals surface area contributed by atoms with Gasteiger partial charge >= 0.3 is 0 Å². The fourth-order valence-electron chi connectivity index (χ4n) is 3.94. The minimum atomic E-state index is -0.152. The topological polar surface area (TPSA) is 68.4 Å². The fourth-order valence-corrected chi connectivity index (χ4v) is 3.94. The largest absolute Gasteiger partial charge is 0.361 e. The van der Waals surface area contributed by atoms with Crippen LogP contribution in [-0.2, 0) is 16.1 Å². The zero-order valence-electron chi connectivity index (χ0n) is 13.8. The van der Waals surface area contributed by atoms with E-state index in [0.717, 1.165) is 25.0 Å². The van der Waals surface area contributed by atoms with Crippen molar-refractivity contribution in [2.24, 2.45) is 5.92 Å². The molecule has 2 amide bonds. The summed E-state index contributed by atoms with van der Waals surface area (Å²) in [6, 6.07) is 8.35. The fraction of sp³-hybridized carbons (Fsp3) is 0.444. The molecule has 24 heavy (non-hydrogen) atoms. The highest BCUT2D eigenvalue weighted by atomic mass is 16.2. The summed E-state index contributed by atoms with van der Waals surface area (Å²) in [7, 11) is 1.71. The second kappa shape index (κ2) is 5.94. The Hall–Kier alpha value is -2.34. The van der Waals surface area contributed by atoms with Gasteiger partial charge in [-0.15, -0.1) is 0 Å². The summed E-state index contributed by atoms with van der Waals surface area (Å²) >= 11 is 0. The first-order valence-electron chi connectivity index (χ1n) is 8.43. The summed E-state index contributed by atoms with van der Waals surface area (Å²) < 4.78 is 0. The number of carbonyl (C=O) groups excluding carboxylic acids is 2. The Morgan fingerprint density at radius 2 is 2.12 bits per heavy atom. The second-order valence-corrected chi connectivity index (χ2v) is 6.85. The predicted molar refractivity (Wildman–Crippen MR) is 91.3 cm³/mol. The summed E-state index contributed by atoms with van der Waals surface area (Å²) in [4.78, 5) is 31.6. The van der Waals surface area contributed by atoms with E-state index in [1.165, 1.54) is 10.9 Å². The highest BCUT2D eigenvalue weighted by molar-refractivity contribution is 5.89. The van der Waals surface area contributed by atoms with E-state index in [1.807, 2.05) is 6.20 Å². The Balaban J connectivity index is 1.53. The van der Waals surface area contributed by atoms with E-state index in [1.54, 1.807) is 11.9 Å². The van der Waals surface area contributed by atoms with Gasteiger partial charge in [-0.2, -0.15) is 0 Å². The van der Waals surface area contributed by atoms with Gasteiger partial charge in [-0.3, -0.25) is 14.5 Å². The minimum absolute atomic E-state index is 0.0331. The molecule has 0 saturated carbocycles. The summed E-state index contributed by atoms with van der Waals surface area (Å²) in [5, 5.41) is 4.25. The summed E-state index contributed by atoms with van der Waals surface area (Å²) in [6.07, 6.45) is 2.78. The average molecular weight is 326 g/mol. The molecule has 2 N–H and O–H groups in total. The van der Waals surface area contributed by atoms with Gasteiger partial charge in [0.05, 0.1) is 12.5 Å². The van der Waals surface area contributed by atoms with Gasteiger partial charge in [0.15, 0.2) is 0 Å². The Morgan fingerprint density at radius 3 is 3.00 bits per heavy atom. The Kier molecular flexibility index (Phi) is 3.76. The van der Waals surface area contributed by atoms with Gasteiger partial charge in [0.2, 0.25) is 11.8 Å². The van der Waals surface area contributed by atoms with Crippen molar-refractivity contribution in [3.63, 3.8) is 0 Å². The molecule has 4 rings (SSSR count). The first-order valence-corrected chi connectivity index (χ1v) is 8.43. The molecule has 1 aromatic heterocycles. The molecular weight excluding hydrogens is 304 g/mol. The predicted octanol–water partition coefficient (Wildman–Crippen LogP) is 0.947. The molecule has 0 radical (unpaired) electrons. The number of rotatable bonds is 2. The standard InChI is InChI=1S/C18H22N4O2/c1-21-11-17(23)20-16-6-8-22(10-14(16)18(21)24)9-12-3-2-4-15-13(12)5-7-19-15/h2-5,7,14,16,19H,6,8-11H2,1H3,(H,20,23)/t14-,16+/m0/s1. The van der Waals surface area contributed by atoms with Crippen molar-refractivity contribution >= 4 is 22.7 Å². The lowest BCUT2D eigenvalue weighted by Crippen LogP contribution is -2.52. The van der Waals surface area contributed by atoms with Gasteiger partial charge in [0.1, 0.15) is 0 Å². The molecule has 1 aromatic carbocycles. The maximum Gasteiger partial charge on any atom is 0.239 e. The normalized spacial score (nSPS) is 25.5. The third-order valence-electron chi connectivity index (χ3n) is 5.20. The van der Waals surface area contributed by atoms with Gasteiger partial charge in [0.25, 0.3) is 0 Å². The molecule has 0 spiro atoms. The van der Waals surface area contributed by atoms with E-state index < -0.39 is 0 Å². The molecule has 0 bridgehead atoms. The quantitative estimate of drug-likeness (QED) is 0.863. The molecule has 2 aromatic rings. The maximum atomic E-state index is 12.6. The molecule has 6 heteroatoms. The van der Waals surface area contributed by atoms with E-state index in [4.69, 9.17) is 0 Å². The number of likely N-dealkylation sites (tertiary alicyclic amines) is 1. The van der Waals surface area contributed by atoms with Crippen LogP contribution in [0.25, 0.3) is 10.9 Å². The molecule has 126 valence electrons. The van der Waals surface area contributed by atoms with Crippen molar-refractivity contribution in [1.82, 2.24) is 20.1 Å². The number of fused-ring (bicyclic) bond motifs is 2. The van der Waals surface area contributed by atoms with Crippen molar-refractivity contribution in [3.05, 3.63) is 36.0 Å². The lowest BCUT2D eigenvalue weighted by Gasteiger charge is -2.37. The third kappa shape index (κ3) is 2.67. The van der Waals surface area contributed by atoms with E-state index in [9.17, 15) is 9.59 Å². The molecule has 3 heterocycles. The van der Waals surface area contributed by atoms with E-state index in [2.05, 4.69) is 39.5 Å². The van der Waals surface area contributed by atoms with E-state index in [0.29, 0.717) is 6.54 Å². The molecule has 2 aliphatic rings. The monoisotopic (exact) mass is 326 g/mol. The molecule has 0 unspecified atom stereocenters. The summed E-state index contributed by atoms with van der Waals surface area (Å²) in [6.45, 7) is 2.56. The van der Waals surface area contributed by atoms with Crippen LogP contribution in [0.2, 0.25) is 0 Å². The Bertz CT molecular complexity index is 784. The van der Waals surface area contributed by atoms with Crippen LogP contribution in [0, 0.1) is 5.92 Å². The maximum absolute atomic E-state index is 12.6. The first-order chi connectivity index (χ1) is 11.6. The van der Waals surface area contributed by atoms with Crippen LogP contribution in [0.1, 0.15) is 12.0 Å². The number of hydrogen-bond donors (Lipinski definition) is 2. The number of hydrogen-bond acceptors (Lipinski definition) is 3. The number of aromatic amines is 1. The van der Waals surface area contributed by atoms with Crippen molar-refractivity contribution in [2.75, 3.05) is 26.7 Å². The molecule has 6 nitrogen and oxygen atoms in total. The van der Waals surface area contributed by atoms with Crippen LogP contribution in [0.3, 0.4) is 0 Å². The molecule has 2 atom stereocenters. The molecule has 2 aliphatic heterocycles. The highest BCUT2D eigenvalue weighted by Gasteiger charge is 2.39. The SMILES string of the molecule is CN1CC(=O)N[C@@H]2CCN(Cc3cccc4[nH]ccc34)C[C@@H]2C1=O. The molecular formula is C18H22N4O2. The van der Waals surface area contributed by atoms with Crippen molar-refractivity contribution < 1.29 is 9.59 Å². The van der Waals surface area contributed by atoms with Gasteiger partial charge in [-0.05, 0) is 24.1 Å². The van der Waals surface area contributed by atoms with Crippen LogP contribution in [0.5, 0.6) is 0 Å². The van der Waals surface area contributed by atoms with Gasteiger partial charge in [-0.1, -0.05) is 12.1 Å². The number of piperidine rings is 1. The van der Waals surface area contributed by atoms with Crippen molar-refractivity contribution in [3.8, 4) is 0 Å². The number of likely N-dealkylation sites (N-methyl/N-ethyl adjacent to an activating group) is 1. The molecule has 2 fully saturated rings. The Morgan fingerprint density at radius 1 is 1.25 bits per heavy atom. The minimum Gasteiger partial charge on any atom is -0.361 e. The Labute approximate surface area is 140 Å². The molecule has 0 aliphatic carbocycles. The van der Waals surface area contributed by atoms with Gasteiger partial charge in [-0.25, -0.2) is 0 Å². The zero-order valence-corrected chi connectivity index (χ0v) is 13.8. The van der Waals surface area contributed by atoms with Crippen LogP contribution in [0.4, 0.5) is 0 Å². The number of aromatic nitrogens is 1. The third-order valence-corrected chi connectivity index (χ3v) is 5.20. The number of nitrogens with zero attached hydrogens (tertiary/aromatic N) is 2. The zero-order chi connectivity index (χ0) is 16.7. The lowest BCUT2D eigenvalue weighted by atomic mass is 9.91. The van der Waals surface area contributed by atoms with Crippen LogP contribution >= 0.6 is 0 Å². The van der Waals surface area contributed by atoms with Crippen LogP contribution in [0.15, 0.2) is 30.5 Å². The average Bonchev–Trinajstić information content (AvgIpc) is 3.01. The van der Waals surface area contributed by atoms with E-state index >= 15 is 0 Å². The van der Waals surface area contributed by atoms with Crippen LogP contribution < -0.4 is 5.32 Å². The number of benzene rings is 1. The lowest BCUT2D eigenvalue weighted by molar-refractivity contribution is -0.136. The number of carbonyl (C=O) groups is 2. The summed E-state index contributed by atoms with van der Waals surface area (Å²) in [5.74, 6) is -0.132. The smallest absolute Gasteiger partial charge is 0.239 e. The van der Waals surface area contributed by atoms with Crippen molar-refractivity contribution in [1.29, 1.82) is 0 Å². The summed E-state index contributed by atoms with van der Waals surface area (Å²) in [5.41, 5.74) is 2.41. The van der Waals surface area contributed by atoms with Crippen molar-refractivity contribution in [2.45, 2.75) is 19.0 Å². The number of nitrogens with one attached hydrogen (secondary N) is 2. The molecule has 2 saturated heterocycles. The van der Waals surface area contributed by atoms with Gasteiger partial charge in [0, 0.05) is 49.8 Å². The number of amides is 2. The van der Waals surface area contributed by atoms with E-state index in [-0.39, 0.29) is 30.3 Å². The number of H-pyrrole nitrogens is 1. The first kappa shape index (κ1) is 15.2. The van der Waals surface area contributed by atoms with Crippen LogP contribution in [-0.4, -0.2) is 59.3 Å². The second-order valence-electron chi connectivity index (χ2n) is 6.85. The highest BCUT2D eigenvalue weighted by Crippen LogP contribution is 2.25. The van der Waals surface area contributed by atoms with Gasteiger partial charge < -0.3 is 15.2 Å².